The predicted molar refractivity (Wildman–Crippen MR) is 57.7 cm³/mol. The van der Waals surface area contributed by atoms with E-state index in [1.54, 1.807) is 17.6 Å². The zero-order valence-corrected chi connectivity index (χ0v) is 8.66. The fraction of sp³-hybridized carbons (Fsp3) is 0.200. The number of hydrogen-bond acceptors (Lipinski definition) is 2. The summed E-state index contributed by atoms with van der Waals surface area (Å²) >= 11 is 0. The van der Waals surface area contributed by atoms with Crippen molar-refractivity contribution in [1.82, 2.24) is 14.6 Å². The number of fused-ring (bicyclic) bond motifs is 1. The molecule has 0 atom stereocenters. The van der Waals surface area contributed by atoms with Crippen LogP contribution in [0.15, 0.2) is 24.4 Å². The van der Waals surface area contributed by atoms with Gasteiger partial charge in [-0.15, -0.1) is 0 Å². The topological polar surface area (TPSA) is 62.2 Å². The van der Waals surface area contributed by atoms with Crippen LogP contribution in [0, 0.1) is 6.92 Å². The lowest BCUT2D eigenvalue weighted by atomic mass is 10.3. The van der Waals surface area contributed by atoms with E-state index in [-0.39, 0.29) is 5.91 Å². The average Bonchev–Trinajstić information content (AvgIpc) is 2.66. The van der Waals surface area contributed by atoms with Crippen molar-refractivity contribution >= 4 is 17.4 Å². The van der Waals surface area contributed by atoms with Gasteiger partial charge in [-0.1, -0.05) is 6.58 Å². The Morgan fingerprint density at radius 3 is 3.07 bits per heavy atom. The number of amides is 1. The summed E-state index contributed by atoms with van der Waals surface area (Å²) in [5.41, 5.74) is 2.24. The maximum atomic E-state index is 11.4. The molecular weight excluding hydrogens is 192 g/mol. The smallest absolute Gasteiger partial charge is 0.251 e. The second kappa shape index (κ2) is 3.27. The van der Waals surface area contributed by atoms with E-state index in [1.165, 1.54) is 0 Å². The molecule has 0 aliphatic carbocycles. The maximum Gasteiger partial charge on any atom is 0.251 e. The SMILES string of the molecule is C=C(C)C(=O)Nc1cnc2cc(C)[nH]n12. The minimum atomic E-state index is -0.205. The normalized spacial score (nSPS) is 10.5. The molecule has 0 saturated heterocycles. The van der Waals surface area contributed by atoms with E-state index >= 15 is 0 Å². The third kappa shape index (κ3) is 1.63. The lowest BCUT2D eigenvalue weighted by molar-refractivity contribution is -0.112. The van der Waals surface area contributed by atoms with Gasteiger partial charge in [-0.05, 0) is 13.8 Å². The molecule has 0 aliphatic heterocycles. The third-order valence-electron chi connectivity index (χ3n) is 2.05. The molecular formula is C10H12N4O. The number of anilines is 1. The van der Waals surface area contributed by atoms with Gasteiger partial charge in [0.2, 0.25) is 0 Å². The number of hydrogen-bond donors (Lipinski definition) is 2. The van der Waals surface area contributed by atoms with Gasteiger partial charge in [-0.2, -0.15) is 0 Å². The molecule has 0 aromatic carbocycles. The lowest BCUT2D eigenvalue weighted by Crippen LogP contribution is -2.13. The third-order valence-corrected chi connectivity index (χ3v) is 2.05. The van der Waals surface area contributed by atoms with Gasteiger partial charge in [0, 0.05) is 17.3 Å². The Kier molecular flexibility index (Phi) is 2.07. The molecule has 78 valence electrons. The first-order chi connectivity index (χ1) is 7.08. The van der Waals surface area contributed by atoms with Crippen molar-refractivity contribution in [3.05, 3.63) is 30.1 Å². The van der Waals surface area contributed by atoms with Crippen LogP contribution in [0.4, 0.5) is 5.82 Å². The summed E-state index contributed by atoms with van der Waals surface area (Å²) in [7, 11) is 0. The molecule has 0 fully saturated rings. The van der Waals surface area contributed by atoms with E-state index < -0.39 is 0 Å². The van der Waals surface area contributed by atoms with E-state index in [2.05, 4.69) is 22.0 Å². The Balaban J connectivity index is 2.35. The van der Waals surface area contributed by atoms with Crippen LogP contribution < -0.4 is 5.32 Å². The second-order valence-electron chi connectivity index (χ2n) is 3.51. The Bertz CT molecular complexity index is 535. The van der Waals surface area contributed by atoms with E-state index in [1.807, 2.05) is 13.0 Å². The summed E-state index contributed by atoms with van der Waals surface area (Å²) in [6, 6.07) is 1.90. The van der Waals surface area contributed by atoms with Gasteiger partial charge in [-0.3, -0.25) is 9.89 Å². The Morgan fingerprint density at radius 2 is 2.40 bits per heavy atom. The summed E-state index contributed by atoms with van der Waals surface area (Å²) in [4.78, 5) is 15.5. The van der Waals surface area contributed by atoms with E-state index in [9.17, 15) is 4.79 Å². The number of imidazole rings is 1. The lowest BCUT2D eigenvalue weighted by Gasteiger charge is -2.01. The fourth-order valence-corrected chi connectivity index (χ4v) is 1.30. The highest BCUT2D eigenvalue weighted by atomic mass is 16.1. The Hall–Kier alpha value is -2.04. The summed E-state index contributed by atoms with van der Waals surface area (Å²) in [5.74, 6) is 0.412. The van der Waals surface area contributed by atoms with Crippen LogP contribution in [0.2, 0.25) is 0 Å². The van der Waals surface area contributed by atoms with Gasteiger partial charge >= 0.3 is 0 Å². The van der Waals surface area contributed by atoms with Crippen molar-refractivity contribution in [1.29, 1.82) is 0 Å². The highest BCUT2D eigenvalue weighted by molar-refractivity contribution is 6.02. The molecule has 0 radical (unpaired) electrons. The van der Waals surface area contributed by atoms with Crippen LogP contribution in [0.5, 0.6) is 0 Å². The van der Waals surface area contributed by atoms with Crippen molar-refractivity contribution in [3.63, 3.8) is 0 Å². The molecule has 0 bridgehead atoms. The number of aromatic amines is 1. The van der Waals surface area contributed by atoms with Gasteiger partial charge in [0.05, 0.1) is 6.20 Å². The van der Waals surface area contributed by atoms with Crippen molar-refractivity contribution in [2.24, 2.45) is 0 Å². The molecule has 5 heteroatoms. The van der Waals surface area contributed by atoms with Crippen LogP contribution >= 0.6 is 0 Å². The quantitative estimate of drug-likeness (QED) is 0.728. The number of aromatic nitrogens is 3. The maximum absolute atomic E-state index is 11.4. The monoisotopic (exact) mass is 204 g/mol. The van der Waals surface area contributed by atoms with E-state index in [0.717, 1.165) is 11.3 Å². The van der Waals surface area contributed by atoms with Crippen molar-refractivity contribution in [2.75, 3.05) is 5.32 Å². The zero-order chi connectivity index (χ0) is 11.0. The van der Waals surface area contributed by atoms with Crippen LogP contribution in [-0.4, -0.2) is 20.5 Å². The molecule has 2 N–H and O–H groups in total. The number of nitrogens with zero attached hydrogens (tertiary/aromatic N) is 2. The zero-order valence-electron chi connectivity index (χ0n) is 8.66. The van der Waals surface area contributed by atoms with Gasteiger partial charge in [0.25, 0.3) is 5.91 Å². The Morgan fingerprint density at radius 1 is 1.67 bits per heavy atom. The number of carbonyl (C=O) groups is 1. The van der Waals surface area contributed by atoms with Gasteiger partial charge in [-0.25, -0.2) is 9.50 Å². The second-order valence-corrected chi connectivity index (χ2v) is 3.51. The molecule has 0 aliphatic rings. The molecule has 5 nitrogen and oxygen atoms in total. The minimum Gasteiger partial charge on any atom is -0.306 e. The molecule has 2 heterocycles. The first-order valence-corrected chi connectivity index (χ1v) is 4.58. The van der Waals surface area contributed by atoms with Crippen LogP contribution in [0.1, 0.15) is 12.6 Å². The average molecular weight is 204 g/mol. The van der Waals surface area contributed by atoms with Crippen LogP contribution in [0.3, 0.4) is 0 Å². The first kappa shape index (κ1) is 9.51. The number of carbonyl (C=O) groups excluding carboxylic acids is 1. The molecule has 0 saturated carbocycles. The van der Waals surface area contributed by atoms with Gasteiger partial charge in [0.15, 0.2) is 11.5 Å². The van der Waals surface area contributed by atoms with Crippen LogP contribution in [-0.2, 0) is 4.79 Å². The molecule has 2 aromatic rings. The fourth-order valence-electron chi connectivity index (χ4n) is 1.30. The minimum absolute atomic E-state index is 0.205. The highest BCUT2D eigenvalue weighted by Gasteiger charge is 2.08. The molecule has 2 aromatic heterocycles. The predicted octanol–water partition coefficient (Wildman–Crippen LogP) is 1.49. The molecule has 0 unspecified atom stereocenters. The Labute approximate surface area is 86.8 Å². The standard InChI is InChI=1S/C10H12N4O/c1-6(2)10(15)12-9-5-11-8-4-7(3)13-14(8)9/h4-5,13H,1H2,2-3H3,(H,12,15). The largest absolute Gasteiger partial charge is 0.306 e. The first-order valence-electron chi connectivity index (χ1n) is 4.58. The number of H-pyrrole nitrogens is 1. The van der Waals surface area contributed by atoms with Crippen molar-refractivity contribution in [2.45, 2.75) is 13.8 Å². The molecule has 2 rings (SSSR count). The number of nitrogens with one attached hydrogen (secondary N) is 2. The van der Waals surface area contributed by atoms with Crippen molar-refractivity contribution < 1.29 is 4.79 Å². The highest BCUT2D eigenvalue weighted by Crippen LogP contribution is 2.12. The van der Waals surface area contributed by atoms with Gasteiger partial charge < -0.3 is 5.32 Å². The summed E-state index contributed by atoms with van der Waals surface area (Å²) in [6.45, 7) is 7.16. The van der Waals surface area contributed by atoms with Crippen LogP contribution in [0.25, 0.3) is 5.65 Å². The summed E-state index contributed by atoms with van der Waals surface area (Å²) in [6.07, 6.45) is 1.60. The van der Waals surface area contributed by atoms with Crippen molar-refractivity contribution in [3.8, 4) is 0 Å². The van der Waals surface area contributed by atoms with E-state index in [0.29, 0.717) is 11.4 Å². The molecule has 0 spiro atoms. The molecule has 15 heavy (non-hydrogen) atoms. The summed E-state index contributed by atoms with van der Waals surface area (Å²) in [5, 5.41) is 5.77. The molecule has 1 amide bonds. The summed E-state index contributed by atoms with van der Waals surface area (Å²) < 4.78 is 1.72. The number of rotatable bonds is 2. The van der Waals surface area contributed by atoms with E-state index in [4.69, 9.17) is 0 Å². The van der Waals surface area contributed by atoms with Gasteiger partial charge in [0.1, 0.15) is 0 Å². The number of aryl methyl sites for hydroxylation is 1.